The van der Waals surface area contributed by atoms with Crippen molar-refractivity contribution in [3.8, 4) is 0 Å². The van der Waals surface area contributed by atoms with Gasteiger partial charge in [0, 0.05) is 48.5 Å². The van der Waals surface area contributed by atoms with Crippen LogP contribution >= 0.6 is 34.8 Å². The average molecular weight is 781 g/mol. The number of halogens is 3. The second-order valence-corrected chi connectivity index (χ2v) is 12.9. The Hall–Kier alpha value is -3.49. The molecule has 2 heterocycles. The topological polar surface area (TPSA) is 245 Å². The average Bonchev–Trinajstić information content (AvgIpc) is 2.94. The molecule has 0 aromatic carbocycles. The van der Waals surface area contributed by atoms with Crippen LogP contribution in [-0.4, -0.2) is 126 Å². The van der Waals surface area contributed by atoms with Gasteiger partial charge in [-0.15, -0.1) is 0 Å². The highest BCUT2D eigenvalue weighted by molar-refractivity contribution is 6.76. The zero-order valence-electron chi connectivity index (χ0n) is 27.7. The number of nitrogens with one attached hydrogen (secondary N) is 1. The van der Waals surface area contributed by atoms with Gasteiger partial charge in [-0.3, -0.25) is 39.0 Å². The van der Waals surface area contributed by atoms with E-state index in [1.807, 2.05) is 0 Å². The first-order valence-electron chi connectivity index (χ1n) is 14.5. The van der Waals surface area contributed by atoms with Gasteiger partial charge in [0.1, 0.15) is 18.8 Å². The highest BCUT2D eigenvalue weighted by Crippen LogP contribution is 2.35. The fraction of sp³-hybridized carbons (Fsp3) is 0.714. The largest absolute Gasteiger partial charge is 0.463 e. The fourth-order valence-electron chi connectivity index (χ4n) is 4.78. The summed E-state index contributed by atoms with van der Waals surface area (Å²) in [4.78, 5) is 84.5. The summed E-state index contributed by atoms with van der Waals surface area (Å²) in [5.74, 6) is -7.29. The molecule has 0 aromatic rings. The minimum atomic E-state index is -2.45. The van der Waals surface area contributed by atoms with Crippen LogP contribution in [0.2, 0.25) is 0 Å². The number of carbonyl (C=O) groups excluding carboxylic acids is 7. The van der Waals surface area contributed by atoms with Gasteiger partial charge in [0.15, 0.2) is 36.8 Å². The Kier molecular flexibility index (Phi) is 15.9. The molecule has 1 N–H and O–H groups in total. The molecule has 2 fully saturated rings. The Bertz CT molecular complexity index is 1310. The Balaban J connectivity index is 2.62. The second kappa shape index (κ2) is 18.7. The van der Waals surface area contributed by atoms with Gasteiger partial charge >= 0.3 is 41.8 Å². The van der Waals surface area contributed by atoms with Crippen molar-refractivity contribution in [3.05, 3.63) is 0 Å². The van der Waals surface area contributed by atoms with Gasteiger partial charge in [-0.2, -0.15) is 0 Å². The first kappa shape index (κ1) is 42.7. The van der Waals surface area contributed by atoms with E-state index in [-0.39, 0.29) is 0 Å². The Labute approximate surface area is 300 Å². The van der Waals surface area contributed by atoms with E-state index < -0.39 is 126 Å². The van der Waals surface area contributed by atoms with Crippen molar-refractivity contribution < 1.29 is 85.7 Å². The number of rotatable bonds is 12. The number of esters is 7. The molecule has 0 saturated carbocycles. The van der Waals surface area contributed by atoms with Gasteiger partial charge in [0.25, 0.3) is 3.79 Å². The summed E-state index contributed by atoms with van der Waals surface area (Å²) in [5.41, 5.74) is 0. The van der Waals surface area contributed by atoms with Gasteiger partial charge in [0.2, 0.25) is 18.3 Å². The third-order valence-electron chi connectivity index (χ3n) is 6.36. The van der Waals surface area contributed by atoms with Crippen LogP contribution in [0.4, 0.5) is 0 Å². The van der Waals surface area contributed by atoms with Crippen LogP contribution in [0.1, 0.15) is 48.5 Å². The lowest BCUT2D eigenvalue weighted by Crippen LogP contribution is -2.65. The molecule has 2 aliphatic rings. The number of carbonyl (C=O) groups is 7. The zero-order valence-corrected chi connectivity index (χ0v) is 29.9. The lowest BCUT2D eigenvalue weighted by Gasteiger charge is -2.46. The van der Waals surface area contributed by atoms with Gasteiger partial charge in [-0.25, -0.2) is 0 Å². The highest BCUT2D eigenvalue weighted by Gasteiger charge is 2.56. The molecular formula is C28H36Cl3NO18. The van der Waals surface area contributed by atoms with Crippen LogP contribution in [0.15, 0.2) is 0 Å². The summed E-state index contributed by atoms with van der Waals surface area (Å²) in [6.07, 6.45) is -16.3. The van der Waals surface area contributed by atoms with Crippen molar-refractivity contribution in [1.29, 1.82) is 5.41 Å². The van der Waals surface area contributed by atoms with E-state index in [1.54, 1.807) is 0 Å². The molecular weight excluding hydrogens is 745 g/mol. The predicted octanol–water partition coefficient (Wildman–Crippen LogP) is 0.970. The monoisotopic (exact) mass is 779 g/mol. The minimum Gasteiger partial charge on any atom is -0.463 e. The summed E-state index contributed by atoms with van der Waals surface area (Å²) in [6, 6.07) is 0. The molecule has 282 valence electrons. The van der Waals surface area contributed by atoms with E-state index in [0.29, 0.717) is 0 Å². The third-order valence-corrected chi connectivity index (χ3v) is 6.88. The van der Waals surface area contributed by atoms with Gasteiger partial charge in [-0.1, -0.05) is 34.8 Å². The summed E-state index contributed by atoms with van der Waals surface area (Å²) in [6.45, 7) is 5.83. The van der Waals surface area contributed by atoms with Crippen molar-refractivity contribution in [1.82, 2.24) is 0 Å². The highest BCUT2D eigenvalue weighted by atomic mass is 35.6. The normalized spacial score (nSPS) is 29.3. The third kappa shape index (κ3) is 13.0. The molecule has 2 saturated heterocycles. The van der Waals surface area contributed by atoms with Gasteiger partial charge in [0.05, 0.1) is 6.61 Å². The molecule has 0 amide bonds. The van der Waals surface area contributed by atoms with E-state index in [0.717, 1.165) is 48.5 Å². The first-order valence-corrected chi connectivity index (χ1v) is 15.7. The quantitative estimate of drug-likeness (QED) is 0.0953. The number of hydrogen-bond donors (Lipinski definition) is 1. The Morgan fingerprint density at radius 1 is 0.500 bits per heavy atom. The van der Waals surface area contributed by atoms with Gasteiger partial charge < -0.3 is 52.1 Å². The molecule has 0 aliphatic carbocycles. The van der Waals surface area contributed by atoms with Crippen molar-refractivity contribution in [2.24, 2.45) is 0 Å². The lowest BCUT2D eigenvalue weighted by atomic mass is 9.97. The van der Waals surface area contributed by atoms with Crippen molar-refractivity contribution >= 4 is 82.5 Å². The van der Waals surface area contributed by atoms with Crippen molar-refractivity contribution in [3.63, 3.8) is 0 Å². The Morgan fingerprint density at radius 2 is 0.840 bits per heavy atom. The van der Waals surface area contributed by atoms with E-state index in [1.165, 1.54) is 0 Å². The molecule has 0 radical (unpaired) electrons. The molecule has 0 spiro atoms. The van der Waals surface area contributed by atoms with Crippen molar-refractivity contribution in [2.75, 3.05) is 13.2 Å². The number of alkyl halides is 3. The van der Waals surface area contributed by atoms with Crippen LogP contribution in [0.25, 0.3) is 0 Å². The maximum atomic E-state index is 12.2. The molecule has 0 bridgehead atoms. The molecule has 10 atom stereocenters. The van der Waals surface area contributed by atoms with E-state index >= 15 is 0 Å². The maximum Gasteiger partial charge on any atom is 0.303 e. The fourth-order valence-corrected chi connectivity index (χ4v) is 4.91. The summed E-state index contributed by atoms with van der Waals surface area (Å²) >= 11 is 17.3. The lowest BCUT2D eigenvalue weighted by molar-refractivity contribution is -0.328. The van der Waals surface area contributed by atoms with Crippen LogP contribution < -0.4 is 0 Å². The predicted molar refractivity (Wildman–Crippen MR) is 162 cm³/mol. The second-order valence-electron chi connectivity index (χ2n) is 10.6. The molecule has 2 rings (SSSR count). The Morgan fingerprint density at radius 3 is 1.22 bits per heavy atom. The molecule has 0 aromatic heterocycles. The molecule has 0 unspecified atom stereocenters. The van der Waals surface area contributed by atoms with E-state index in [9.17, 15) is 33.6 Å². The molecule has 22 heteroatoms. The smallest absolute Gasteiger partial charge is 0.303 e. The standard InChI is InChI=1S/C28H36Cl3NO18/c1-10(33)40-8-17-19(42-11(2)34)21(44-13(4)36)23(46-15(6)38)25(48-17)41-9-18-20(43-12(3)35)22(45-14(5)37)24(47-16(7)39)26(49-18)50-27(32)28(29,30)31/h17-26,32H,8-9H2,1-7H3/t17-,18-,19-,20-,21+,22+,23-,24-,25-,26-/m1/s1. The minimum absolute atomic E-state index is 0.568. The number of hydrogen-bond acceptors (Lipinski definition) is 19. The number of ether oxygens (including phenoxy) is 11. The molecule has 19 nitrogen and oxygen atoms in total. The summed E-state index contributed by atoms with van der Waals surface area (Å²) < 4.78 is 57.7. The zero-order chi connectivity index (χ0) is 38.1. The maximum absolute atomic E-state index is 12.2. The van der Waals surface area contributed by atoms with Crippen LogP contribution in [0.5, 0.6) is 0 Å². The SMILES string of the molecule is CC(=O)OC[C@H]1O[C@@H](OC[C@H]2O[C@H](OC(=N)C(Cl)(Cl)Cl)[C@H](OC(C)=O)[C@@H](OC(C)=O)[C@@H]2OC(C)=O)[C@H](OC(C)=O)[C@@H](OC(C)=O)[C@@H]1OC(C)=O. The summed E-state index contributed by atoms with van der Waals surface area (Å²) in [7, 11) is 0. The van der Waals surface area contributed by atoms with E-state index in [2.05, 4.69) is 0 Å². The molecule has 50 heavy (non-hydrogen) atoms. The van der Waals surface area contributed by atoms with Gasteiger partial charge in [-0.05, 0) is 0 Å². The summed E-state index contributed by atoms with van der Waals surface area (Å²) in [5, 5.41) is 8.03. The van der Waals surface area contributed by atoms with Crippen LogP contribution in [0, 0.1) is 5.41 Å². The van der Waals surface area contributed by atoms with Crippen LogP contribution in [0.3, 0.4) is 0 Å². The van der Waals surface area contributed by atoms with Crippen molar-refractivity contribution in [2.45, 2.75) is 114 Å². The molecule has 2 aliphatic heterocycles. The van der Waals surface area contributed by atoms with E-state index in [4.69, 9.17) is 92.3 Å². The first-order chi connectivity index (χ1) is 23.1. The van der Waals surface area contributed by atoms with Crippen LogP contribution in [-0.2, 0) is 85.7 Å².